The lowest BCUT2D eigenvalue weighted by atomic mass is 10.5. The molecule has 0 unspecified atom stereocenters. The molecule has 2 heterocycles. The molecule has 0 radical (unpaired) electrons. The van der Waals surface area contributed by atoms with Gasteiger partial charge in [0.1, 0.15) is 6.54 Å². The van der Waals surface area contributed by atoms with Crippen molar-refractivity contribution in [2.45, 2.75) is 13.1 Å². The summed E-state index contributed by atoms with van der Waals surface area (Å²) < 4.78 is 3.34. The fourth-order valence-corrected chi connectivity index (χ4v) is 1.21. The summed E-state index contributed by atoms with van der Waals surface area (Å²) in [4.78, 5) is 0. The van der Waals surface area contributed by atoms with Crippen molar-refractivity contribution in [3.05, 3.63) is 30.9 Å². The zero-order chi connectivity index (χ0) is 10.7. The van der Waals surface area contributed by atoms with Crippen molar-refractivity contribution in [2.24, 2.45) is 0 Å². The Balaban J connectivity index is 2.16. The number of aromatic nitrogens is 6. The van der Waals surface area contributed by atoms with Crippen LogP contribution in [0.4, 0.5) is 5.69 Å². The van der Waals surface area contributed by atoms with Crippen molar-refractivity contribution in [1.29, 1.82) is 0 Å². The van der Waals surface area contributed by atoms with Crippen LogP contribution >= 0.6 is 0 Å². The number of nitrogens with zero attached hydrogens (tertiary/aromatic N) is 6. The van der Waals surface area contributed by atoms with E-state index < -0.39 is 0 Å². The van der Waals surface area contributed by atoms with Crippen molar-refractivity contribution < 1.29 is 0 Å². The molecule has 7 nitrogen and oxygen atoms in total. The van der Waals surface area contributed by atoms with E-state index in [-0.39, 0.29) is 0 Å². The van der Waals surface area contributed by atoms with E-state index in [4.69, 9.17) is 5.73 Å². The summed E-state index contributed by atoms with van der Waals surface area (Å²) in [6.07, 6.45) is 5.05. The van der Waals surface area contributed by atoms with E-state index in [1.165, 1.54) is 0 Å². The van der Waals surface area contributed by atoms with Crippen LogP contribution in [0.5, 0.6) is 0 Å². The van der Waals surface area contributed by atoms with Crippen molar-refractivity contribution in [3.8, 4) is 0 Å². The third kappa shape index (κ3) is 2.01. The van der Waals surface area contributed by atoms with E-state index in [0.717, 1.165) is 5.82 Å². The number of allylic oxidation sites excluding steroid dienone is 1. The summed E-state index contributed by atoms with van der Waals surface area (Å²) >= 11 is 0. The van der Waals surface area contributed by atoms with Gasteiger partial charge in [-0.15, -0.1) is 11.7 Å². The van der Waals surface area contributed by atoms with E-state index in [2.05, 4.69) is 27.2 Å². The molecule has 0 aromatic carbocycles. The molecule has 0 amide bonds. The highest BCUT2D eigenvalue weighted by Gasteiger charge is 2.05. The maximum absolute atomic E-state index is 5.55. The molecule has 2 aromatic heterocycles. The minimum Gasteiger partial charge on any atom is -0.396 e. The van der Waals surface area contributed by atoms with E-state index in [1.54, 1.807) is 27.8 Å². The highest BCUT2D eigenvalue weighted by atomic mass is 15.5. The standard InChI is InChI=1S/C8H11N7/c1-2-3-15-8(11-12-13-15)6-14-5-7(9)4-10-14/h2,4-5H,1,3,6,9H2. The summed E-state index contributed by atoms with van der Waals surface area (Å²) in [7, 11) is 0. The number of hydrogen-bond donors (Lipinski definition) is 1. The Labute approximate surface area is 86.2 Å². The van der Waals surface area contributed by atoms with Gasteiger partial charge in [0.15, 0.2) is 5.82 Å². The number of nitrogens with two attached hydrogens (primary N) is 1. The molecule has 0 aliphatic carbocycles. The van der Waals surface area contributed by atoms with Gasteiger partial charge >= 0.3 is 0 Å². The van der Waals surface area contributed by atoms with E-state index >= 15 is 0 Å². The molecule has 0 atom stereocenters. The van der Waals surface area contributed by atoms with Crippen LogP contribution in [0.3, 0.4) is 0 Å². The molecule has 0 fully saturated rings. The van der Waals surface area contributed by atoms with Crippen molar-refractivity contribution >= 4 is 5.69 Å². The topological polar surface area (TPSA) is 87.4 Å². The van der Waals surface area contributed by atoms with Gasteiger partial charge in [-0.05, 0) is 10.4 Å². The molecular weight excluding hydrogens is 194 g/mol. The van der Waals surface area contributed by atoms with Crippen molar-refractivity contribution in [1.82, 2.24) is 30.0 Å². The normalized spacial score (nSPS) is 10.4. The maximum Gasteiger partial charge on any atom is 0.173 e. The third-order valence-electron chi connectivity index (χ3n) is 1.86. The second-order valence-corrected chi connectivity index (χ2v) is 3.04. The van der Waals surface area contributed by atoms with Gasteiger partial charge in [0, 0.05) is 6.20 Å². The van der Waals surface area contributed by atoms with Crippen LogP contribution in [0.15, 0.2) is 25.0 Å². The van der Waals surface area contributed by atoms with Gasteiger partial charge in [0.2, 0.25) is 0 Å². The molecule has 2 rings (SSSR count). The fraction of sp³-hybridized carbons (Fsp3) is 0.250. The Morgan fingerprint density at radius 2 is 2.40 bits per heavy atom. The van der Waals surface area contributed by atoms with Crippen LogP contribution in [-0.2, 0) is 13.1 Å². The van der Waals surface area contributed by atoms with Gasteiger partial charge < -0.3 is 5.73 Å². The van der Waals surface area contributed by atoms with Crippen LogP contribution in [0.25, 0.3) is 0 Å². The first-order valence-corrected chi connectivity index (χ1v) is 4.43. The highest BCUT2D eigenvalue weighted by Crippen LogP contribution is 2.01. The molecule has 78 valence electrons. The largest absolute Gasteiger partial charge is 0.396 e. The number of anilines is 1. The van der Waals surface area contributed by atoms with Crippen molar-refractivity contribution in [2.75, 3.05) is 5.73 Å². The number of tetrazole rings is 1. The first-order valence-electron chi connectivity index (χ1n) is 4.43. The van der Waals surface area contributed by atoms with Crippen LogP contribution in [-0.4, -0.2) is 30.0 Å². The Kier molecular flexibility index (Phi) is 2.44. The van der Waals surface area contributed by atoms with Gasteiger partial charge in [-0.1, -0.05) is 6.08 Å². The van der Waals surface area contributed by atoms with Gasteiger partial charge in [-0.2, -0.15) is 5.10 Å². The Bertz CT molecular complexity index is 455. The Morgan fingerprint density at radius 1 is 1.53 bits per heavy atom. The quantitative estimate of drug-likeness (QED) is 0.691. The molecule has 0 aliphatic rings. The summed E-state index contributed by atoms with van der Waals surface area (Å²) in [5, 5.41) is 15.3. The second-order valence-electron chi connectivity index (χ2n) is 3.04. The molecule has 0 saturated carbocycles. The van der Waals surface area contributed by atoms with Gasteiger partial charge in [-0.25, -0.2) is 4.68 Å². The molecule has 0 aliphatic heterocycles. The first kappa shape index (κ1) is 9.38. The van der Waals surface area contributed by atoms with Crippen LogP contribution in [0.2, 0.25) is 0 Å². The smallest absolute Gasteiger partial charge is 0.173 e. The zero-order valence-corrected chi connectivity index (χ0v) is 8.11. The molecule has 0 spiro atoms. The monoisotopic (exact) mass is 205 g/mol. The zero-order valence-electron chi connectivity index (χ0n) is 8.11. The molecule has 15 heavy (non-hydrogen) atoms. The molecular formula is C8H11N7. The van der Waals surface area contributed by atoms with E-state index in [9.17, 15) is 0 Å². The Hall–Kier alpha value is -2.18. The average molecular weight is 205 g/mol. The predicted octanol–water partition coefficient (Wildman–Crippen LogP) is -0.314. The number of hydrogen-bond acceptors (Lipinski definition) is 5. The van der Waals surface area contributed by atoms with Gasteiger partial charge in [-0.3, -0.25) is 4.68 Å². The lowest BCUT2D eigenvalue weighted by Gasteiger charge is -2.00. The maximum atomic E-state index is 5.55. The Morgan fingerprint density at radius 3 is 3.07 bits per heavy atom. The summed E-state index contributed by atoms with van der Waals surface area (Å²) in [6.45, 7) is 4.71. The SMILES string of the molecule is C=CCn1nnnc1Cn1cc(N)cn1. The molecule has 7 heteroatoms. The summed E-state index contributed by atoms with van der Waals surface area (Å²) in [5.41, 5.74) is 6.17. The van der Waals surface area contributed by atoms with E-state index in [1.807, 2.05) is 0 Å². The number of rotatable bonds is 4. The number of nitrogen functional groups attached to an aromatic ring is 1. The van der Waals surface area contributed by atoms with E-state index in [0.29, 0.717) is 18.8 Å². The van der Waals surface area contributed by atoms with Crippen LogP contribution in [0.1, 0.15) is 5.82 Å². The highest BCUT2D eigenvalue weighted by molar-refractivity contribution is 5.30. The van der Waals surface area contributed by atoms with Gasteiger partial charge in [0.25, 0.3) is 0 Å². The third-order valence-corrected chi connectivity index (χ3v) is 1.86. The lowest BCUT2D eigenvalue weighted by Crippen LogP contribution is -2.09. The van der Waals surface area contributed by atoms with Crippen LogP contribution < -0.4 is 5.73 Å². The average Bonchev–Trinajstić information content (AvgIpc) is 2.78. The summed E-state index contributed by atoms with van der Waals surface area (Å²) in [6, 6.07) is 0. The summed E-state index contributed by atoms with van der Waals surface area (Å²) in [5.74, 6) is 0.720. The second kappa shape index (κ2) is 3.91. The minimum atomic E-state index is 0.498. The fourth-order valence-electron chi connectivity index (χ4n) is 1.21. The molecule has 2 aromatic rings. The predicted molar refractivity (Wildman–Crippen MR) is 53.8 cm³/mol. The van der Waals surface area contributed by atoms with Crippen LogP contribution in [0, 0.1) is 0 Å². The molecule has 2 N–H and O–H groups in total. The van der Waals surface area contributed by atoms with Crippen molar-refractivity contribution in [3.63, 3.8) is 0 Å². The lowest BCUT2D eigenvalue weighted by molar-refractivity contribution is 0.581. The first-order chi connectivity index (χ1) is 7.29. The molecule has 0 saturated heterocycles. The minimum absolute atomic E-state index is 0.498. The molecule has 0 bridgehead atoms. The van der Waals surface area contributed by atoms with Gasteiger partial charge in [0.05, 0.1) is 18.4 Å².